The summed E-state index contributed by atoms with van der Waals surface area (Å²) in [5.41, 5.74) is 0. The van der Waals surface area contributed by atoms with E-state index in [1.54, 1.807) is 0 Å². The minimum Gasteiger partial charge on any atom is -0.302 e. The number of piperidine rings is 1. The summed E-state index contributed by atoms with van der Waals surface area (Å²) in [4.78, 5) is 12.5. The van der Waals surface area contributed by atoms with Crippen LogP contribution in [0.5, 0.6) is 0 Å². The van der Waals surface area contributed by atoms with Gasteiger partial charge in [0, 0.05) is 6.54 Å². The molecule has 0 radical (unpaired) electrons. The molecule has 0 saturated carbocycles. The number of alkyl halides is 1. The lowest BCUT2D eigenvalue weighted by Crippen LogP contribution is -2.35. The fourth-order valence-corrected chi connectivity index (χ4v) is 1.63. The zero-order valence-electron chi connectivity index (χ0n) is 6.63. The minimum atomic E-state index is -0.312. The molecule has 0 aromatic rings. The first kappa shape index (κ1) is 9.01. The second-order valence-electron chi connectivity index (χ2n) is 3.01. The van der Waals surface area contributed by atoms with Gasteiger partial charge in [-0.1, -0.05) is 6.42 Å². The quantitative estimate of drug-likeness (QED) is 0.476. The van der Waals surface area contributed by atoms with Crippen LogP contribution in [0, 0.1) is 0 Å². The number of carbonyl (C=O) groups excluding carboxylic acids is 1. The summed E-state index contributed by atoms with van der Waals surface area (Å²) in [7, 11) is 0. The van der Waals surface area contributed by atoms with Crippen molar-refractivity contribution >= 4 is 17.9 Å². The lowest BCUT2D eigenvalue weighted by atomic mass is 10.1. The van der Waals surface area contributed by atoms with Gasteiger partial charge >= 0.3 is 0 Å². The first-order valence-electron chi connectivity index (χ1n) is 4.14. The van der Waals surface area contributed by atoms with Gasteiger partial charge in [-0.2, -0.15) is 0 Å². The van der Waals surface area contributed by atoms with Crippen LogP contribution in [0.15, 0.2) is 0 Å². The Bertz CT molecular complexity index is 123. The molecule has 0 aliphatic carbocycles. The molecule has 64 valence electrons. The first-order chi connectivity index (χ1) is 5.33. The van der Waals surface area contributed by atoms with Crippen molar-refractivity contribution in [3.63, 3.8) is 0 Å². The van der Waals surface area contributed by atoms with E-state index in [4.69, 9.17) is 11.6 Å². The van der Waals surface area contributed by atoms with Gasteiger partial charge in [0.05, 0.1) is 0 Å². The monoisotopic (exact) mass is 175 g/mol. The lowest BCUT2D eigenvalue weighted by Gasteiger charge is -2.26. The van der Waals surface area contributed by atoms with Crippen molar-refractivity contribution in [2.75, 3.05) is 19.6 Å². The summed E-state index contributed by atoms with van der Waals surface area (Å²) in [6.07, 6.45) is 4.64. The molecule has 0 spiro atoms. The van der Waals surface area contributed by atoms with Crippen LogP contribution in [-0.4, -0.2) is 36.2 Å². The van der Waals surface area contributed by atoms with E-state index >= 15 is 0 Å². The topological polar surface area (TPSA) is 20.3 Å². The van der Waals surface area contributed by atoms with Crippen LogP contribution in [0.1, 0.15) is 19.3 Å². The Kier molecular flexibility index (Phi) is 3.87. The molecule has 11 heavy (non-hydrogen) atoms. The van der Waals surface area contributed by atoms with Crippen LogP contribution < -0.4 is 0 Å². The van der Waals surface area contributed by atoms with Gasteiger partial charge in [0.2, 0.25) is 0 Å². The van der Waals surface area contributed by atoms with Gasteiger partial charge in [0.1, 0.15) is 11.7 Å². The molecule has 1 unspecified atom stereocenters. The molecule has 1 rings (SSSR count). The number of hydrogen-bond acceptors (Lipinski definition) is 2. The molecule has 1 aliphatic heterocycles. The Balaban J connectivity index is 2.18. The summed E-state index contributed by atoms with van der Waals surface area (Å²) in [6, 6.07) is 0. The Labute approximate surface area is 72.5 Å². The molecule has 1 aliphatic rings. The highest BCUT2D eigenvalue weighted by Crippen LogP contribution is 2.09. The zero-order chi connectivity index (χ0) is 8.10. The van der Waals surface area contributed by atoms with Crippen molar-refractivity contribution < 1.29 is 4.79 Å². The average molecular weight is 176 g/mol. The van der Waals surface area contributed by atoms with Gasteiger partial charge in [-0.15, -0.1) is 11.6 Å². The molecule has 0 amide bonds. The SMILES string of the molecule is O=CC(Cl)CN1CCCCC1. The Morgan fingerprint density at radius 1 is 1.36 bits per heavy atom. The molecule has 1 saturated heterocycles. The van der Waals surface area contributed by atoms with Crippen LogP contribution in [-0.2, 0) is 4.79 Å². The van der Waals surface area contributed by atoms with Crippen LogP contribution >= 0.6 is 11.6 Å². The Morgan fingerprint density at radius 3 is 2.55 bits per heavy atom. The van der Waals surface area contributed by atoms with E-state index in [2.05, 4.69) is 4.90 Å². The third-order valence-corrected chi connectivity index (χ3v) is 2.27. The maximum absolute atomic E-state index is 10.2. The van der Waals surface area contributed by atoms with Crippen LogP contribution in [0.25, 0.3) is 0 Å². The highest BCUT2D eigenvalue weighted by atomic mass is 35.5. The van der Waals surface area contributed by atoms with Crippen molar-refractivity contribution in [3.05, 3.63) is 0 Å². The van der Waals surface area contributed by atoms with E-state index in [0.29, 0.717) is 0 Å². The Morgan fingerprint density at radius 2 is 2.00 bits per heavy atom. The average Bonchev–Trinajstić information content (AvgIpc) is 2.06. The molecule has 1 atom stereocenters. The van der Waals surface area contributed by atoms with Gasteiger partial charge < -0.3 is 9.69 Å². The predicted molar refractivity (Wildman–Crippen MR) is 46.0 cm³/mol. The minimum absolute atomic E-state index is 0.312. The zero-order valence-corrected chi connectivity index (χ0v) is 7.39. The van der Waals surface area contributed by atoms with E-state index in [1.807, 2.05) is 0 Å². The van der Waals surface area contributed by atoms with Crippen molar-refractivity contribution in [2.24, 2.45) is 0 Å². The van der Waals surface area contributed by atoms with Crippen molar-refractivity contribution in [1.82, 2.24) is 4.90 Å². The molecule has 2 nitrogen and oxygen atoms in total. The van der Waals surface area contributed by atoms with E-state index in [-0.39, 0.29) is 5.38 Å². The summed E-state index contributed by atoms with van der Waals surface area (Å²) in [5.74, 6) is 0. The number of halogens is 1. The molecule has 0 aromatic heterocycles. The normalized spacial score (nSPS) is 23.0. The molecular weight excluding hydrogens is 162 g/mol. The second kappa shape index (κ2) is 4.73. The largest absolute Gasteiger partial charge is 0.302 e. The number of nitrogens with zero attached hydrogens (tertiary/aromatic N) is 1. The van der Waals surface area contributed by atoms with Crippen molar-refractivity contribution in [3.8, 4) is 0 Å². The number of aldehydes is 1. The highest BCUT2D eigenvalue weighted by Gasteiger charge is 2.13. The summed E-state index contributed by atoms with van der Waals surface area (Å²) < 4.78 is 0. The Hall–Kier alpha value is -0.0800. The van der Waals surface area contributed by atoms with Gasteiger partial charge in [-0.25, -0.2) is 0 Å². The van der Waals surface area contributed by atoms with Gasteiger partial charge in [0.15, 0.2) is 0 Å². The van der Waals surface area contributed by atoms with Crippen LogP contribution in [0.4, 0.5) is 0 Å². The maximum atomic E-state index is 10.2. The van der Waals surface area contributed by atoms with Crippen LogP contribution in [0.2, 0.25) is 0 Å². The first-order valence-corrected chi connectivity index (χ1v) is 4.58. The van der Waals surface area contributed by atoms with E-state index in [1.165, 1.54) is 19.3 Å². The number of likely N-dealkylation sites (tertiary alicyclic amines) is 1. The van der Waals surface area contributed by atoms with Gasteiger partial charge in [-0.05, 0) is 25.9 Å². The van der Waals surface area contributed by atoms with Crippen LogP contribution in [0.3, 0.4) is 0 Å². The molecule has 0 aromatic carbocycles. The van der Waals surface area contributed by atoms with Crippen molar-refractivity contribution in [1.29, 1.82) is 0 Å². The predicted octanol–water partition coefficient (Wildman–Crippen LogP) is 1.28. The van der Waals surface area contributed by atoms with Crippen molar-refractivity contribution in [2.45, 2.75) is 24.6 Å². The summed E-state index contributed by atoms with van der Waals surface area (Å²) >= 11 is 5.69. The molecule has 3 heteroatoms. The molecule has 1 fully saturated rings. The number of rotatable bonds is 3. The summed E-state index contributed by atoms with van der Waals surface area (Å²) in [6.45, 7) is 2.94. The van der Waals surface area contributed by atoms with Gasteiger partial charge in [-0.3, -0.25) is 0 Å². The van der Waals surface area contributed by atoms with E-state index in [9.17, 15) is 4.79 Å². The smallest absolute Gasteiger partial charge is 0.139 e. The molecular formula is C8H14ClNO. The molecule has 0 N–H and O–H groups in total. The standard InChI is InChI=1S/C8H14ClNO/c9-8(7-11)6-10-4-2-1-3-5-10/h7-8H,1-6H2. The number of carbonyl (C=O) groups is 1. The van der Waals surface area contributed by atoms with E-state index in [0.717, 1.165) is 25.9 Å². The third kappa shape index (κ3) is 3.21. The van der Waals surface area contributed by atoms with Gasteiger partial charge in [0.25, 0.3) is 0 Å². The maximum Gasteiger partial charge on any atom is 0.139 e. The number of hydrogen-bond donors (Lipinski definition) is 0. The van der Waals surface area contributed by atoms with E-state index < -0.39 is 0 Å². The fraction of sp³-hybridized carbons (Fsp3) is 0.875. The summed E-state index contributed by atoms with van der Waals surface area (Å²) in [5, 5.41) is -0.312. The second-order valence-corrected chi connectivity index (χ2v) is 3.57. The molecule has 0 bridgehead atoms. The lowest BCUT2D eigenvalue weighted by molar-refractivity contribution is -0.107. The highest BCUT2D eigenvalue weighted by molar-refractivity contribution is 6.27. The fourth-order valence-electron chi connectivity index (χ4n) is 1.43. The molecule has 1 heterocycles. The third-order valence-electron chi connectivity index (χ3n) is 2.03.